The Labute approximate surface area is 106 Å². The van der Waals surface area contributed by atoms with E-state index in [0.29, 0.717) is 0 Å². The predicted molar refractivity (Wildman–Crippen MR) is 74.3 cm³/mol. The van der Waals surface area contributed by atoms with Crippen molar-refractivity contribution < 1.29 is 5.11 Å². The molecule has 0 saturated heterocycles. The highest BCUT2D eigenvalue weighted by Gasteiger charge is 2.09. The van der Waals surface area contributed by atoms with Gasteiger partial charge in [0.2, 0.25) is 0 Å². The van der Waals surface area contributed by atoms with Crippen LogP contribution in [0, 0.1) is 13.8 Å². The van der Waals surface area contributed by atoms with Crippen LogP contribution in [0.3, 0.4) is 0 Å². The van der Waals surface area contributed by atoms with Gasteiger partial charge in [0.05, 0.1) is 6.10 Å². The molecule has 0 amide bonds. The molecule has 0 aliphatic heterocycles. The molecule has 0 aliphatic carbocycles. The van der Waals surface area contributed by atoms with E-state index in [1.54, 1.807) is 0 Å². The van der Waals surface area contributed by atoms with Crippen molar-refractivity contribution >= 4 is 0 Å². The number of rotatable bonds is 7. The summed E-state index contributed by atoms with van der Waals surface area (Å²) in [6, 6.07) is 6.31. The first-order valence-corrected chi connectivity index (χ1v) is 6.90. The van der Waals surface area contributed by atoms with Crippen molar-refractivity contribution in [2.24, 2.45) is 0 Å². The van der Waals surface area contributed by atoms with Crippen LogP contribution in [0.2, 0.25) is 0 Å². The first-order valence-electron chi connectivity index (χ1n) is 6.90. The van der Waals surface area contributed by atoms with Crippen LogP contribution in [0.25, 0.3) is 0 Å². The summed E-state index contributed by atoms with van der Waals surface area (Å²) in [5, 5.41) is 10.1. The smallest absolute Gasteiger partial charge is 0.0792 e. The quantitative estimate of drug-likeness (QED) is 0.678. The van der Waals surface area contributed by atoms with E-state index in [1.165, 1.54) is 36.8 Å². The fourth-order valence-corrected chi connectivity index (χ4v) is 2.30. The molecule has 0 heterocycles. The largest absolute Gasteiger partial charge is 0.388 e. The van der Waals surface area contributed by atoms with E-state index in [4.69, 9.17) is 0 Å². The average Bonchev–Trinajstić information content (AvgIpc) is 2.28. The number of aryl methyl sites for hydroxylation is 2. The Kier molecular flexibility index (Phi) is 6.28. The van der Waals surface area contributed by atoms with Crippen molar-refractivity contribution in [3.8, 4) is 0 Å². The number of unbranched alkanes of at least 4 members (excludes halogenated alkanes) is 4. The van der Waals surface area contributed by atoms with Gasteiger partial charge in [0, 0.05) is 0 Å². The fraction of sp³-hybridized carbons (Fsp3) is 0.625. The number of hydrogen-bond acceptors (Lipinski definition) is 1. The topological polar surface area (TPSA) is 20.2 Å². The van der Waals surface area contributed by atoms with Crippen molar-refractivity contribution in [1.29, 1.82) is 0 Å². The second-order valence-corrected chi connectivity index (χ2v) is 5.08. The summed E-state index contributed by atoms with van der Waals surface area (Å²) in [4.78, 5) is 0. The van der Waals surface area contributed by atoms with Crippen LogP contribution < -0.4 is 0 Å². The molecule has 0 aliphatic rings. The van der Waals surface area contributed by atoms with E-state index in [-0.39, 0.29) is 6.10 Å². The highest BCUT2D eigenvalue weighted by Crippen LogP contribution is 2.23. The van der Waals surface area contributed by atoms with Crippen LogP contribution in [0.15, 0.2) is 18.2 Å². The predicted octanol–water partition coefficient (Wildman–Crippen LogP) is 4.70. The maximum absolute atomic E-state index is 10.1. The van der Waals surface area contributed by atoms with Crippen LogP contribution in [0.1, 0.15) is 68.2 Å². The molecule has 1 aromatic carbocycles. The van der Waals surface area contributed by atoms with Crippen molar-refractivity contribution in [2.75, 3.05) is 0 Å². The zero-order chi connectivity index (χ0) is 12.7. The average molecular weight is 234 g/mol. The van der Waals surface area contributed by atoms with Gasteiger partial charge in [-0.1, -0.05) is 62.8 Å². The van der Waals surface area contributed by atoms with Crippen LogP contribution >= 0.6 is 0 Å². The molecule has 0 bridgehead atoms. The van der Waals surface area contributed by atoms with Crippen molar-refractivity contribution in [1.82, 2.24) is 0 Å². The number of benzene rings is 1. The minimum Gasteiger partial charge on any atom is -0.388 e. The third-order valence-electron chi connectivity index (χ3n) is 3.37. The normalized spacial score (nSPS) is 12.7. The molecule has 1 unspecified atom stereocenters. The summed E-state index contributed by atoms with van der Waals surface area (Å²) in [6.45, 7) is 6.40. The highest BCUT2D eigenvalue weighted by molar-refractivity contribution is 5.31. The molecule has 0 fully saturated rings. The van der Waals surface area contributed by atoms with Gasteiger partial charge in [-0.15, -0.1) is 0 Å². The van der Waals surface area contributed by atoms with Crippen molar-refractivity contribution in [3.63, 3.8) is 0 Å². The zero-order valence-electron chi connectivity index (χ0n) is 11.5. The van der Waals surface area contributed by atoms with E-state index in [0.717, 1.165) is 18.4 Å². The van der Waals surface area contributed by atoms with Gasteiger partial charge in [-0.25, -0.2) is 0 Å². The van der Waals surface area contributed by atoms with Gasteiger partial charge in [0.25, 0.3) is 0 Å². The molecule has 96 valence electrons. The lowest BCUT2D eigenvalue weighted by Crippen LogP contribution is -2.00. The second kappa shape index (κ2) is 7.50. The molecule has 0 aromatic heterocycles. The molecular formula is C16H26O. The van der Waals surface area contributed by atoms with E-state index < -0.39 is 0 Å². The monoisotopic (exact) mass is 234 g/mol. The lowest BCUT2D eigenvalue weighted by molar-refractivity contribution is 0.162. The zero-order valence-corrected chi connectivity index (χ0v) is 11.5. The van der Waals surface area contributed by atoms with E-state index >= 15 is 0 Å². The van der Waals surface area contributed by atoms with Crippen molar-refractivity contribution in [2.45, 2.75) is 65.4 Å². The SMILES string of the molecule is CCCCCCCC(O)c1ccc(C)cc1C. The Morgan fingerprint density at radius 1 is 1.06 bits per heavy atom. The standard InChI is InChI=1S/C16H26O/c1-4-5-6-7-8-9-16(17)15-11-10-13(2)12-14(15)3/h10-12,16-17H,4-9H2,1-3H3. The Bertz CT molecular complexity index is 330. The highest BCUT2D eigenvalue weighted by atomic mass is 16.3. The summed E-state index contributed by atoms with van der Waals surface area (Å²) in [5.41, 5.74) is 3.58. The maximum Gasteiger partial charge on any atom is 0.0792 e. The molecule has 1 aromatic rings. The summed E-state index contributed by atoms with van der Waals surface area (Å²) in [7, 11) is 0. The maximum atomic E-state index is 10.1. The van der Waals surface area contributed by atoms with Crippen LogP contribution in [0.4, 0.5) is 0 Å². The molecular weight excluding hydrogens is 208 g/mol. The van der Waals surface area contributed by atoms with Gasteiger partial charge >= 0.3 is 0 Å². The van der Waals surface area contributed by atoms with E-state index in [2.05, 4.69) is 39.0 Å². The molecule has 1 atom stereocenters. The van der Waals surface area contributed by atoms with Gasteiger partial charge in [-0.3, -0.25) is 0 Å². The Hall–Kier alpha value is -0.820. The third-order valence-corrected chi connectivity index (χ3v) is 3.37. The van der Waals surface area contributed by atoms with Crippen molar-refractivity contribution in [3.05, 3.63) is 34.9 Å². The molecule has 17 heavy (non-hydrogen) atoms. The molecule has 0 radical (unpaired) electrons. The van der Waals surface area contributed by atoms with Crippen LogP contribution in [-0.4, -0.2) is 5.11 Å². The van der Waals surface area contributed by atoms with Gasteiger partial charge in [0.1, 0.15) is 0 Å². The van der Waals surface area contributed by atoms with Gasteiger partial charge in [-0.05, 0) is 31.4 Å². The molecule has 0 saturated carbocycles. The summed E-state index contributed by atoms with van der Waals surface area (Å²) in [6.07, 6.45) is 6.89. The fourth-order valence-electron chi connectivity index (χ4n) is 2.30. The number of hydrogen-bond donors (Lipinski definition) is 1. The lowest BCUT2D eigenvalue weighted by Gasteiger charge is -2.14. The van der Waals surface area contributed by atoms with Crippen LogP contribution in [0.5, 0.6) is 0 Å². The van der Waals surface area contributed by atoms with Gasteiger partial charge in [-0.2, -0.15) is 0 Å². The first-order chi connectivity index (χ1) is 8.15. The molecule has 1 N–H and O–H groups in total. The molecule has 1 rings (SSSR count). The lowest BCUT2D eigenvalue weighted by atomic mass is 9.97. The Morgan fingerprint density at radius 2 is 1.76 bits per heavy atom. The summed E-state index contributed by atoms with van der Waals surface area (Å²) < 4.78 is 0. The summed E-state index contributed by atoms with van der Waals surface area (Å²) >= 11 is 0. The molecule has 0 spiro atoms. The van der Waals surface area contributed by atoms with Gasteiger partial charge in [0.15, 0.2) is 0 Å². The van der Waals surface area contributed by atoms with Crippen LogP contribution in [-0.2, 0) is 0 Å². The van der Waals surface area contributed by atoms with E-state index in [1.807, 2.05) is 0 Å². The van der Waals surface area contributed by atoms with E-state index in [9.17, 15) is 5.11 Å². The number of aliphatic hydroxyl groups excluding tert-OH is 1. The minimum absolute atomic E-state index is 0.280. The Balaban J connectivity index is 2.38. The number of aliphatic hydroxyl groups is 1. The summed E-state index contributed by atoms with van der Waals surface area (Å²) in [5.74, 6) is 0. The molecule has 1 heteroatoms. The van der Waals surface area contributed by atoms with Gasteiger partial charge < -0.3 is 5.11 Å². The second-order valence-electron chi connectivity index (χ2n) is 5.08. The Morgan fingerprint density at radius 3 is 2.41 bits per heavy atom. The molecule has 1 nitrogen and oxygen atoms in total. The third kappa shape index (κ3) is 4.91. The first kappa shape index (κ1) is 14.2. The minimum atomic E-state index is -0.280.